The van der Waals surface area contributed by atoms with Crippen molar-refractivity contribution in [3.8, 4) is 0 Å². The SMILES string of the molecule is O=[N+]([O-])c1cc(Br)ccc1NCCCN1CCN(c2ncccn2)CC1. The Balaban J connectivity index is 1.41. The van der Waals surface area contributed by atoms with Gasteiger partial charge in [0.2, 0.25) is 5.95 Å². The minimum atomic E-state index is -0.363. The van der Waals surface area contributed by atoms with Crippen LogP contribution >= 0.6 is 15.9 Å². The van der Waals surface area contributed by atoms with Gasteiger partial charge in [0.05, 0.1) is 4.92 Å². The molecule has 9 heteroatoms. The molecule has 0 radical (unpaired) electrons. The number of benzene rings is 1. The highest BCUT2D eigenvalue weighted by molar-refractivity contribution is 9.10. The number of nitro groups is 1. The van der Waals surface area contributed by atoms with Crippen molar-refractivity contribution < 1.29 is 4.92 Å². The lowest BCUT2D eigenvalue weighted by molar-refractivity contribution is -0.384. The van der Waals surface area contributed by atoms with Crippen molar-refractivity contribution in [3.05, 3.63) is 51.2 Å². The summed E-state index contributed by atoms with van der Waals surface area (Å²) in [6, 6.07) is 6.89. The molecule has 1 aliphatic heterocycles. The fourth-order valence-corrected chi connectivity index (χ4v) is 3.31. The number of nitro benzene ring substituents is 1. The first-order valence-corrected chi connectivity index (χ1v) is 9.35. The maximum atomic E-state index is 11.1. The number of hydrogen-bond donors (Lipinski definition) is 1. The Morgan fingerprint density at radius 3 is 2.62 bits per heavy atom. The van der Waals surface area contributed by atoms with Gasteiger partial charge in [0.15, 0.2) is 0 Å². The van der Waals surface area contributed by atoms with Gasteiger partial charge in [-0.05, 0) is 31.2 Å². The summed E-state index contributed by atoms with van der Waals surface area (Å²) in [5.74, 6) is 0.788. The number of halogens is 1. The van der Waals surface area contributed by atoms with Crippen LogP contribution in [0.4, 0.5) is 17.3 Å². The van der Waals surface area contributed by atoms with E-state index in [0.29, 0.717) is 16.7 Å². The molecule has 138 valence electrons. The molecule has 1 fully saturated rings. The van der Waals surface area contributed by atoms with Gasteiger partial charge in [-0.3, -0.25) is 15.0 Å². The van der Waals surface area contributed by atoms with Gasteiger partial charge in [0.1, 0.15) is 5.69 Å². The van der Waals surface area contributed by atoms with Crippen LogP contribution in [-0.4, -0.2) is 59.1 Å². The van der Waals surface area contributed by atoms with Gasteiger partial charge in [-0.2, -0.15) is 0 Å². The smallest absolute Gasteiger partial charge is 0.293 e. The van der Waals surface area contributed by atoms with E-state index in [1.165, 1.54) is 6.07 Å². The largest absolute Gasteiger partial charge is 0.379 e. The quantitative estimate of drug-likeness (QED) is 0.418. The summed E-state index contributed by atoms with van der Waals surface area (Å²) in [5.41, 5.74) is 0.653. The average Bonchev–Trinajstić information content (AvgIpc) is 2.67. The molecule has 8 nitrogen and oxygen atoms in total. The van der Waals surface area contributed by atoms with Crippen LogP contribution in [0.15, 0.2) is 41.1 Å². The molecule has 0 atom stereocenters. The van der Waals surface area contributed by atoms with Crippen molar-refractivity contribution in [1.29, 1.82) is 0 Å². The molecule has 1 aliphatic rings. The predicted octanol–water partition coefficient (Wildman–Crippen LogP) is 2.77. The molecule has 2 aromatic rings. The van der Waals surface area contributed by atoms with E-state index in [0.717, 1.165) is 45.1 Å². The van der Waals surface area contributed by atoms with Crippen LogP contribution in [0, 0.1) is 10.1 Å². The molecule has 0 spiro atoms. The zero-order chi connectivity index (χ0) is 18.4. The summed E-state index contributed by atoms with van der Waals surface area (Å²) in [6.45, 7) is 5.42. The van der Waals surface area contributed by atoms with Gasteiger partial charge in [0, 0.05) is 55.7 Å². The maximum Gasteiger partial charge on any atom is 0.293 e. The number of aromatic nitrogens is 2. The number of anilines is 2. The molecular formula is C17H21BrN6O2. The number of piperazine rings is 1. The standard InChI is InChI=1S/C17H21BrN6O2/c18-14-3-4-15(16(13-14)24(25)26)19-7-2-8-22-9-11-23(12-10-22)17-20-5-1-6-21-17/h1,3-6,13,19H,2,7-12H2. The molecule has 0 bridgehead atoms. The minimum absolute atomic E-state index is 0.0934. The van der Waals surface area contributed by atoms with Crippen LogP contribution < -0.4 is 10.2 Å². The lowest BCUT2D eigenvalue weighted by Gasteiger charge is -2.34. The topological polar surface area (TPSA) is 87.4 Å². The third kappa shape index (κ3) is 4.89. The predicted molar refractivity (Wildman–Crippen MR) is 105 cm³/mol. The Kier molecular flexibility index (Phi) is 6.35. The van der Waals surface area contributed by atoms with E-state index in [2.05, 4.69) is 41.0 Å². The van der Waals surface area contributed by atoms with Crippen LogP contribution in [0.1, 0.15) is 6.42 Å². The normalized spacial score (nSPS) is 15.0. The minimum Gasteiger partial charge on any atom is -0.379 e. The molecule has 1 saturated heterocycles. The highest BCUT2D eigenvalue weighted by Gasteiger charge is 2.18. The Morgan fingerprint density at radius 2 is 1.92 bits per heavy atom. The second-order valence-electron chi connectivity index (χ2n) is 6.08. The number of hydrogen-bond acceptors (Lipinski definition) is 7. The molecule has 0 saturated carbocycles. The summed E-state index contributed by atoms with van der Waals surface area (Å²) >= 11 is 3.27. The summed E-state index contributed by atoms with van der Waals surface area (Å²) in [5, 5.41) is 14.3. The van der Waals surface area contributed by atoms with Crippen LogP contribution in [0.3, 0.4) is 0 Å². The van der Waals surface area contributed by atoms with Crippen molar-refractivity contribution in [2.45, 2.75) is 6.42 Å². The molecule has 3 rings (SSSR count). The molecule has 1 aromatic carbocycles. The Labute approximate surface area is 160 Å². The number of rotatable bonds is 7. The molecular weight excluding hydrogens is 400 g/mol. The molecule has 0 amide bonds. The Hall–Kier alpha value is -2.26. The summed E-state index contributed by atoms with van der Waals surface area (Å²) < 4.78 is 0.704. The second-order valence-corrected chi connectivity index (χ2v) is 6.99. The first-order valence-electron chi connectivity index (χ1n) is 8.55. The fraction of sp³-hybridized carbons (Fsp3) is 0.412. The highest BCUT2D eigenvalue weighted by Crippen LogP contribution is 2.27. The maximum absolute atomic E-state index is 11.1. The van der Waals surface area contributed by atoms with Crippen molar-refractivity contribution in [1.82, 2.24) is 14.9 Å². The van der Waals surface area contributed by atoms with Crippen LogP contribution in [0.2, 0.25) is 0 Å². The molecule has 2 heterocycles. The fourth-order valence-electron chi connectivity index (χ4n) is 2.96. The average molecular weight is 421 g/mol. The first kappa shape index (κ1) is 18.5. The van der Waals surface area contributed by atoms with Crippen LogP contribution in [0.5, 0.6) is 0 Å². The van der Waals surface area contributed by atoms with Gasteiger partial charge >= 0.3 is 0 Å². The van der Waals surface area contributed by atoms with E-state index in [4.69, 9.17) is 0 Å². The van der Waals surface area contributed by atoms with Gasteiger partial charge in [-0.15, -0.1) is 0 Å². The summed E-state index contributed by atoms with van der Waals surface area (Å²) in [7, 11) is 0. The van der Waals surface area contributed by atoms with Gasteiger partial charge in [0.25, 0.3) is 5.69 Å². The van der Waals surface area contributed by atoms with Gasteiger partial charge in [-0.1, -0.05) is 15.9 Å². The zero-order valence-electron chi connectivity index (χ0n) is 14.3. The van der Waals surface area contributed by atoms with Crippen LogP contribution in [-0.2, 0) is 0 Å². The molecule has 1 aromatic heterocycles. The first-order chi connectivity index (χ1) is 12.6. The lowest BCUT2D eigenvalue weighted by atomic mass is 10.2. The monoisotopic (exact) mass is 420 g/mol. The Morgan fingerprint density at radius 1 is 1.19 bits per heavy atom. The van der Waals surface area contributed by atoms with Crippen LogP contribution in [0.25, 0.3) is 0 Å². The van der Waals surface area contributed by atoms with Gasteiger partial charge < -0.3 is 10.2 Å². The highest BCUT2D eigenvalue weighted by atomic mass is 79.9. The molecule has 0 aliphatic carbocycles. The lowest BCUT2D eigenvalue weighted by Crippen LogP contribution is -2.47. The number of nitrogens with zero attached hydrogens (tertiary/aromatic N) is 5. The van der Waals surface area contributed by atoms with E-state index in [1.54, 1.807) is 24.5 Å². The van der Waals surface area contributed by atoms with E-state index >= 15 is 0 Å². The van der Waals surface area contributed by atoms with Crippen molar-refractivity contribution >= 4 is 33.3 Å². The van der Waals surface area contributed by atoms with E-state index in [-0.39, 0.29) is 10.6 Å². The molecule has 26 heavy (non-hydrogen) atoms. The second kappa shape index (κ2) is 8.91. The van der Waals surface area contributed by atoms with E-state index in [9.17, 15) is 10.1 Å². The zero-order valence-corrected chi connectivity index (χ0v) is 15.9. The number of nitrogens with one attached hydrogen (secondary N) is 1. The summed E-state index contributed by atoms with van der Waals surface area (Å²) in [6.07, 6.45) is 4.46. The van der Waals surface area contributed by atoms with Crippen molar-refractivity contribution in [2.75, 3.05) is 49.5 Å². The third-order valence-electron chi connectivity index (χ3n) is 4.33. The third-order valence-corrected chi connectivity index (χ3v) is 4.82. The molecule has 1 N–H and O–H groups in total. The van der Waals surface area contributed by atoms with E-state index < -0.39 is 0 Å². The molecule has 0 unspecified atom stereocenters. The van der Waals surface area contributed by atoms with Crippen molar-refractivity contribution in [2.24, 2.45) is 0 Å². The Bertz CT molecular complexity index is 737. The van der Waals surface area contributed by atoms with E-state index in [1.807, 2.05) is 6.07 Å². The van der Waals surface area contributed by atoms with Crippen molar-refractivity contribution in [3.63, 3.8) is 0 Å². The summed E-state index contributed by atoms with van der Waals surface area (Å²) in [4.78, 5) is 23.9. The van der Waals surface area contributed by atoms with Gasteiger partial charge in [-0.25, -0.2) is 9.97 Å².